The summed E-state index contributed by atoms with van der Waals surface area (Å²) in [5, 5.41) is 11.8. The first kappa shape index (κ1) is 18.9. The van der Waals surface area contributed by atoms with Crippen molar-refractivity contribution in [2.24, 2.45) is 4.99 Å². The van der Waals surface area contributed by atoms with Crippen molar-refractivity contribution >= 4 is 16.9 Å². The highest BCUT2D eigenvalue weighted by Crippen LogP contribution is 2.19. The monoisotopic (exact) mass is 371 g/mol. The maximum absolute atomic E-state index is 13.3. The van der Waals surface area contributed by atoms with Gasteiger partial charge in [-0.25, -0.2) is 4.39 Å². The van der Waals surface area contributed by atoms with Crippen molar-refractivity contribution in [3.05, 3.63) is 52.8 Å². The lowest BCUT2D eigenvalue weighted by molar-refractivity contribution is 0.380. The molecule has 0 aliphatic rings. The molecule has 0 amide bonds. The predicted molar refractivity (Wildman–Crippen MR) is 105 cm³/mol. The highest BCUT2D eigenvalue weighted by atomic mass is 19.1. The average Bonchev–Trinajstić information content (AvgIpc) is 3.27. The summed E-state index contributed by atoms with van der Waals surface area (Å²) in [5.41, 5.74) is 4.06. The van der Waals surface area contributed by atoms with Crippen molar-refractivity contribution in [2.45, 2.75) is 39.7 Å². The Hall–Kier alpha value is -2.83. The molecule has 0 atom stereocenters. The van der Waals surface area contributed by atoms with Gasteiger partial charge in [-0.1, -0.05) is 19.0 Å². The lowest BCUT2D eigenvalue weighted by Crippen LogP contribution is -2.38. The molecule has 0 saturated heterocycles. The van der Waals surface area contributed by atoms with Crippen LogP contribution in [-0.2, 0) is 25.8 Å². The van der Waals surface area contributed by atoms with E-state index in [0.717, 1.165) is 65.3 Å². The van der Waals surface area contributed by atoms with Gasteiger partial charge in [0.15, 0.2) is 5.96 Å². The number of guanidine groups is 1. The minimum atomic E-state index is -0.231. The molecular formula is C20H26FN5O. The van der Waals surface area contributed by atoms with Gasteiger partial charge in [0.25, 0.3) is 0 Å². The van der Waals surface area contributed by atoms with Crippen LogP contribution < -0.4 is 10.6 Å². The topological polar surface area (TPSA) is 78.2 Å². The van der Waals surface area contributed by atoms with Crippen molar-refractivity contribution in [3.63, 3.8) is 0 Å². The van der Waals surface area contributed by atoms with E-state index in [2.05, 4.69) is 39.6 Å². The minimum absolute atomic E-state index is 0.231. The summed E-state index contributed by atoms with van der Waals surface area (Å²) in [6, 6.07) is 4.82. The van der Waals surface area contributed by atoms with E-state index in [1.165, 1.54) is 12.1 Å². The van der Waals surface area contributed by atoms with Crippen LogP contribution in [0, 0.1) is 5.82 Å². The molecule has 0 bridgehead atoms. The van der Waals surface area contributed by atoms with E-state index >= 15 is 0 Å². The number of hydrogen-bond acceptors (Lipinski definition) is 3. The first-order valence-corrected chi connectivity index (χ1v) is 9.32. The van der Waals surface area contributed by atoms with Crippen molar-refractivity contribution in [1.82, 2.24) is 20.8 Å². The molecule has 2 heterocycles. The molecule has 3 aromatic rings. The van der Waals surface area contributed by atoms with Gasteiger partial charge in [-0.05, 0) is 36.6 Å². The highest BCUT2D eigenvalue weighted by molar-refractivity contribution is 5.83. The van der Waals surface area contributed by atoms with Crippen LogP contribution in [0.2, 0.25) is 0 Å². The molecule has 0 radical (unpaired) electrons. The quantitative estimate of drug-likeness (QED) is 0.440. The Labute approximate surface area is 158 Å². The van der Waals surface area contributed by atoms with E-state index in [0.29, 0.717) is 6.54 Å². The lowest BCUT2D eigenvalue weighted by atomic mass is 10.1. The number of nitrogens with one attached hydrogen (secondary N) is 3. The van der Waals surface area contributed by atoms with Crippen molar-refractivity contribution in [2.75, 3.05) is 13.6 Å². The summed E-state index contributed by atoms with van der Waals surface area (Å²) in [4.78, 5) is 7.40. The smallest absolute Gasteiger partial charge is 0.191 e. The Balaban J connectivity index is 1.56. The zero-order valence-electron chi connectivity index (χ0n) is 16.0. The molecule has 0 spiro atoms. The number of hydrogen-bond donors (Lipinski definition) is 3. The number of aryl methyl sites for hydroxylation is 2. The number of benzene rings is 1. The zero-order chi connectivity index (χ0) is 19.2. The molecular weight excluding hydrogens is 345 g/mol. The first-order chi connectivity index (χ1) is 13.2. The molecule has 0 aliphatic carbocycles. The molecule has 0 saturated carbocycles. The van der Waals surface area contributed by atoms with E-state index < -0.39 is 0 Å². The Kier molecular flexibility index (Phi) is 6.11. The number of rotatable bonds is 7. The van der Waals surface area contributed by atoms with Crippen LogP contribution in [0.3, 0.4) is 0 Å². The maximum Gasteiger partial charge on any atom is 0.191 e. The van der Waals surface area contributed by atoms with Gasteiger partial charge in [0.2, 0.25) is 0 Å². The van der Waals surface area contributed by atoms with Crippen molar-refractivity contribution in [3.8, 4) is 0 Å². The second kappa shape index (κ2) is 8.70. The van der Waals surface area contributed by atoms with Crippen LogP contribution in [0.15, 0.2) is 33.9 Å². The van der Waals surface area contributed by atoms with Gasteiger partial charge in [-0.15, -0.1) is 0 Å². The lowest BCUT2D eigenvalue weighted by Gasteiger charge is -2.12. The Morgan fingerprint density at radius 3 is 2.85 bits per heavy atom. The predicted octanol–water partition coefficient (Wildman–Crippen LogP) is 3.33. The normalized spacial score (nSPS) is 11.9. The number of fused-ring (bicyclic) bond motifs is 1. The van der Waals surface area contributed by atoms with Gasteiger partial charge in [0.05, 0.1) is 5.69 Å². The molecule has 0 fully saturated rings. The molecule has 0 unspecified atom stereocenters. The fraction of sp³-hybridized carbons (Fsp3) is 0.400. The van der Waals surface area contributed by atoms with E-state index in [-0.39, 0.29) is 5.82 Å². The molecule has 6 nitrogen and oxygen atoms in total. The van der Waals surface area contributed by atoms with E-state index in [4.69, 9.17) is 4.52 Å². The van der Waals surface area contributed by atoms with E-state index in [9.17, 15) is 4.39 Å². The maximum atomic E-state index is 13.3. The van der Waals surface area contributed by atoms with Crippen LogP contribution >= 0.6 is 0 Å². The summed E-state index contributed by atoms with van der Waals surface area (Å²) in [7, 11) is 1.75. The number of halogens is 1. The third-order valence-electron chi connectivity index (χ3n) is 4.68. The Bertz CT molecular complexity index is 906. The summed E-state index contributed by atoms with van der Waals surface area (Å²) in [5.74, 6) is 1.41. The van der Waals surface area contributed by atoms with Crippen LogP contribution in [0.1, 0.15) is 36.4 Å². The second-order valence-electron chi connectivity index (χ2n) is 6.34. The fourth-order valence-electron chi connectivity index (χ4n) is 3.21. The summed E-state index contributed by atoms with van der Waals surface area (Å²) in [6.45, 7) is 5.47. The number of H-pyrrole nitrogens is 1. The summed E-state index contributed by atoms with van der Waals surface area (Å²) < 4.78 is 18.7. The first-order valence-electron chi connectivity index (χ1n) is 9.32. The molecule has 3 N–H and O–H groups in total. The number of aromatic nitrogens is 2. The minimum Gasteiger partial charge on any atom is -0.361 e. The van der Waals surface area contributed by atoms with E-state index in [1.54, 1.807) is 7.05 Å². The van der Waals surface area contributed by atoms with Crippen LogP contribution in [0.25, 0.3) is 10.9 Å². The van der Waals surface area contributed by atoms with Gasteiger partial charge >= 0.3 is 0 Å². The van der Waals surface area contributed by atoms with Crippen LogP contribution in [0.4, 0.5) is 4.39 Å². The average molecular weight is 371 g/mol. The largest absolute Gasteiger partial charge is 0.361 e. The van der Waals surface area contributed by atoms with Gasteiger partial charge in [-0.3, -0.25) is 4.99 Å². The third kappa shape index (κ3) is 4.30. The summed E-state index contributed by atoms with van der Waals surface area (Å²) >= 11 is 0. The fourth-order valence-corrected chi connectivity index (χ4v) is 3.21. The number of nitrogens with zero attached hydrogens (tertiary/aromatic N) is 2. The Morgan fingerprint density at radius 2 is 2.11 bits per heavy atom. The zero-order valence-corrected chi connectivity index (χ0v) is 16.0. The third-order valence-corrected chi connectivity index (χ3v) is 4.68. The molecule has 0 aliphatic heterocycles. The van der Waals surface area contributed by atoms with Gasteiger partial charge in [0.1, 0.15) is 11.6 Å². The molecule has 3 rings (SSSR count). The number of aromatic amines is 1. The highest BCUT2D eigenvalue weighted by Gasteiger charge is 2.13. The molecule has 2 aromatic heterocycles. The molecule has 7 heteroatoms. The van der Waals surface area contributed by atoms with Crippen LogP contribution in [0.5, 0.6) is 0 Å². The molecule has 1 aromatic carbocycles. The van der Waals surface area contributed by atoms with Gasteiger partial charge in [0, 0.05) is 49.2 Å². The van der Waals surface area contributed by atoms with Gasteiger partial charge < -0.3 is 20.1 Å². The van der Waals surface area contributed by atoms with Crippen molar-refractivity contribution in [1.29, 1.82) is 0 Å². The van der Waals surface area contributed by atoms with Gasteiger partial charge in [-0.2, -0.15) is 0 Å². The number of aliphatic imine (C=N–C) groups is 1. The standard InChI is InChI=1S/C20H26FN5O/c1-4-17-16(19(5-2)27-26-17)12-25-20(22-3)23-9-8-13-11-24-18-10-14(21)6-7-15(13)18/h6-7,10-11,24H,4-5,8-9,12H2,1-3H3,(H2,22,23,25). The van der Waals surface area contributed by atoms with Crippen LogP contribution in [-0.4, -0.2) is 29.7 Å². The molecule has 27 heavy (non-hydrogen) atoms. The molecule has 144 valence electrons. The van der Waals surface area contributed by atoms with E-state index in [1.807, 2.05) is 12.3 Å². The van der Waals surface area contributed by atoms with Crippen molar-refractivity contribution < 1.29 is 8.91 Å². The summed E-state index contributed by atoms with van der Waals surface area (Å²) in [6.07, 6.45) is 4.39. The Morgan fingerprint density at radius 1 is 1.26 bits per heavy atom. The SMILES string of the molecule is CCc1noc(CC)c1CNC(=NC)NCCc1c[nH]c2cc(F)ccc12. The second-order valence-corrected chi connectivity index (χ2v) is 6.34.